The van der Waals surface area contributed by atoms with Crippen LogP contribution in [-0.4, -0.2) is 12.7 Å². The van der Waals surface area contributed by atoms with Gasteiger partial charge in [-0.25, -0.2) is 0 Å². The number of amides is 1. The first-order valence-corrected chi connectivity index (χ1v) is 10.6. The summed E-state index contributed by atoms with van der Waals surface area (Å²) < 4.78 is 10.9. The van der Waals surface area contributed by atoms with E-state index in [-0.39, 0.29) is 19.1 Å². The van der Waals surface area contributed by atoms with Gasteiger partial charge in [0, 0.05) is 5.69 Å². The van der Waals surface area contributed by atoms with Gasteiger partial charge in [-0.15, -0.1) is 0 Å². The predicted octanol–water partition coefficient (Wildman–Crippen LogP) is 5.86. The third-order valence-electron chi connectivity index (χ3n) is 5.54. The fourth-order valence-corrected chi connectivity index (χ4v) is 3.89. The van der Waals surface area contributed by atoms with Crippen molar-refractivity contribution >= 4 is 11.6 Å². The fraction of sp³-hybridized carbons (Fsp3) is 0.107. The Kier molecular flexibility index (Phi) is 5.58. The zero-order valence-electron chi connectivity index (χ0n) is 17.6. The highest BCUT2D eigenvalue weighted by Crippen LogP contribution is 2.33. The molecule has 0 aliphatic carbocycles. The second-order valence-corrected chi connectivity index (χ2v) is 7.75. The lowest BCUT2D eigenvalue weighted by Gasteiger charge is -2.24. The molecule has 4 nitrogen and oxygen atoms in total. The van der Waals surface area contributed by atoms with E-state index in [4.69, 9.17) is 9.47 Å². The number of hydrogen-bond donors (Lipinski definition) is 0. The normalized spacial score (nSPS) is 11.9. The van der Waals surface area contributed by atoms with Gasteiger partial charge in [-0.3, -0.25) is 4.79 Å². The van der Waals surface area contributed by atoms with E-state index >= 15 is 0 Å². The number of rotatable bonds is 6. The molecule has 5 rings (SSSR count). The summed E-state index contributed by atoms with van der Waals surface area (Å²) in [6.45, 7) is 0.724. The van der Waals surface area contributed by atoms with E-state index in [1.807, 2.05) is 83.8 Å². The molecular weight excluding hydrogens is 398 g/mol. The Hall–Kier alpha value is -4.05. The Morgan fingerprint density at radius 2 is 1.41 bits per heavy atom. The minimum Gasteiger partial charge on any atom is -0.454 e. The van der Waals surface area contributed by atoms with Crippen molar-refractivity contribution in [2.75, 3.05) is 11.7 Å². The van der Waals surface area contributed by atoms with E-state index in [0.29, 0.717) is 12.3 Å². The van der Waals surface area contributed by atoms with Crippen molar-refractivity contribution in [1.29, 1.82) is 0 Å². The highest BCUT2D eigenvalue weighted by Gasteiger charge is 2.20. The molecular formula is C28H23NO3. The lowest BCUT2D eigenvalue weighted by atomic mass is 10.0. The maximum absolute atomic E-state index is 13.5. The first kappa shape index (κ1) is 19.9. The number of carbonyl (C=O) groups excluding carboxylic acids is 1. The van der Waals surface area contributed by atoms with E-state index in [2.05, 4.69) is 24.3 Å². The lowest BCUT2D eigenvalue weighted by Crippen LogP contribution is -2.31. The van der Waals surface area contributed by atoms with Crippen LogP contribution in [0.2, 0.25) is 0 Å². The van der Waals surface area contributed by atoms with Gasteiger partial charge in [-0.2, -0.15) is 0 Å². The summed E-state index contributed by atoms with van der Waals surface area (Å²) in [7, 11) is 0. The summed E-state index contributed by atoms with van der Waals surface area (Å²) >= 11 is 0. The highest BCUT2D eigenvalue weighted by molar-refractivity contribution is 5.95. The number of fused-ring (bicyclic) bond motifs is 1. The zero-order valence-corrected chi connectivity index (χ0v) is 17.6. The van der Waals surface area contributed by atoms with Crippen LogP contribution in [0, 0.1) is 0 Å². The third-order valence-corrected chi connectivity index (χ3v) is 5.54. The molecule has 1 aliphatic rings. The Morgan fingerprint density at radius 3 is 2.22 bits per heavy atom. The fourth-order valence-electron chi connectivity index (χ4n) is 3.89. The molecule has 4 aromatic carbocycles. The van der Waals surface area contributed by atoms with Crippen molar-refractivity contribution in [3.8, 4) is 22.6 Å². The summed E-state index contributed by atoms with van der Waals surface area (Å²) in [5, 5.41) is 0. The Morgan fingerprint density at radius 1 is 0.688 bits per heavy atom. The molecule has 0 atom stereocenters. The number of nitrogens with zero attached hydrogens (tertiary/aromatic N) is 1. The van der Waals surface area contributed by atoms with Gasteiger partial charge in [-0.1, -0.05) is 78.9 Å². The summed E-state index contributed by atoms with van der Waals surface area (Å²) in [6.07, 6.45) is 0.277. The first-order valence-electron chi connectivity index (χ1n) is 10.6. The van der Waals surface area contributed by atoms with Crippen LogP contribution in [-0.2, 0) is 17.8 Å². The molecule has 32 heavy (non-hydrogen) atoms. The summed E-state index contributed by atoms with van der Waals surface area (Å²) in [4.78, 5) is 15.4. The minimum absolute atomic E-state index is 0.0259. The van der Waals surface area contributed by atoms with Crippen LogP contribution < -0.4 is 14.4 Å². The SMILES string of the molecule is O=C(Cc1ccc2c(c1)OCO2)N(Cc1ccccc1)c1cccc(-c2ccccc2)c1. The molecule has 0 spiro atoms. The molecule has 0 unspecified atom stereocenters. The quantitative estimate of drug-likeness (QED) is 0.392. The monoisotopic (exact) mass is 421 g/mol. The van der Waals surface area contributed by atoms with Gasteiger partial charge in [-0.05, 0) is 46.5 Å². The van der Waals surface area contributed by atoms with Crippen molar-refractivity contribution in [1.82, 2.24) is 0 Å². The Labute approximate surface area is 187 Å². The second kappa shape index (κ2) is 8.98. The molecule has 0 bridgehead atoms. The molecule has 0 saturated carbocycles. The summed E-state index contributed by atoms with van der Waals surface area (Å²) in [6, 6.07) is 34.1. The Bertz CT molecular complexity index is 1220. The number of hydrogen-bond acceptors (Lipinski definition) is 3. The number of ether oxygens (including phenoxy) is 2. The molecule has 1 heterocycles. The van der Waals surface area contributed by atoms with Gasteiger partial charge in [0.2, 0.25) is 12.7 Å². The van der Waals surface area contributed by atoms with Crippen molar-refractivity contribution in [3.63, 3.8) is 0 Å². The van der Waals surface area contributed by atoms with E-state index in [1.54, 1.807) is 0 Å². The Balaban J connectivity index is 1.46. The second-order valence-electron chi connectivity index (χ2n) is 7.75. The van der Waals surface area contributed by atoms with E-state index in [1.165, 1.54) is 0 Å². The average molecular weight is 421 g/mol. The topological polar surface area (TPSA) is 38.8 Å². The molecule has 1 amide bonds. The van der Waals surface area contributed by atoms with Crippen LogP contribution in [0.25, 0.3) is 11.1 Å². The lowest BCUT2D eigenvalue weighted by molar-refractivity contribution is -0.118. The van der Waals surface area contributed by atoms with Crippen LogP contribution in [0.5, 0.6) is 11.5 Å². The molecule has 0 radical (unpaired) electrons. The molecule has 1 aliphatic heterocycles. The zero-order chi connectivity index (χ0) is 21.8. The van der Waals surface area contributed by atoms with Crippen LogP contribution in [0.1, 0.15) is 11.1 Å². The number of benzene rings is 4. The van der Waals surface area contributed by atoms with Crippen LogP contribution in [0.15, 0.2) is 103 Å². The molecule has 0 aromatic heterocycles. The van der Waals surface area contributed by atoms with E-state index < -0.39 is 0 Å². The maximum atomic E-state index is 13.5. The molecule has 0 fully saturated rings. The highest BCUT2D eigenvalue weighted by atomic mass is 16.7. The van der Waals surface area contributed by atoms with Gasteiger partial charge < -0.3 is 14.4 Å². The van der Waals surface area contributed by atoms with Gasteiger partial charge in [0.25, 0.3) is 0 Å². The maximum Gasteiger partial charge on any atom is 0.231 e. The van der Waals surface area contributed by atoms with Gasteiger partial charge in [0.1, 0.15) is 0 Å². The van der Waals surface area contributed by atoms with Crippen molar-refractivity contribution < 1.29 is 14.3 Å². The van der Waals surface area contributed by atoms with Crippen molar-refractivity contribution in [3.05, 3.63) is 114 Å². The molecule has 0 N–H and O–H groups in total. The molecule has 158 valence electrons. The molecule has 0 saturated heterocycles. The van der Waals surface area contributed by atoms with Crippen LogP contribution >= 0.6 is 0 Å². The minimum atomic E-state index is 0.0259. The standard InChI is InChI=1S/C28H23NO3/c30-28(17-22-14-15-26-27(16-22)32-20-31-26)29(19-21-8-3-1-4-9-21)25-13-7-12-24(18-25)23-10-5-2-6-11-23/h1-16,18H,17,19-20H2. The largest absolute Gasteiger partial charge is 0.454 e. The summed E-state index contributed by atoms with van der Waals surface area (Å²) in [5.41, 5.74) is 5.06. The molecule has 4 heteroatoms. The average Bonchev–Trinajstić information content (AvgIpc) is 3.32. The molecule has 4 aromatic rings. The number of carbonyl (C=O) groups is 1. The summed E-state index contributed by atoms with van der Waals surface area (Å²) in [5.74, 6) is 1.44. The van der Waals surface area contributed by atoms with Crippen LogP contribution in [0.3, 0.4) is 0 Å². The first-order chi connectivity index (χ1) is 15.8. The predicted molar refractivity (Wildman–Crippen MR) is 126 cm³/mol. The van der Waals surface area contributed by atoms with Gasteiger partial charge in [0.15, 0.2) is 11.5 Å². The van der Waals surface area contributed by atoms with Crippen molar-refractivity contribution in [2.45, 2.75) is 13.0 Å². The third kappa shape index (κ3) is 4.35. The van der Waals surface area contributed by atoms with Gasteiger partial charge in [0.05, 0.1) is 13.0 Å². The van der Waals surface area contributed by atoms with Crippen molar-refractivity contribution in [2.24, 2.45) is 0 Å². The van der Waals surface area contributed by atoms with Gasteiger partial charge >= 0.3 is 0 Å². The smallest absolute Gasteiger partial charge is 0.231 e. The van der Waals surface area contributed by atoms with Crippen LogP contribution in [0.4, 0.5) is 5.69 Å². The van der Waals surface area contributed by atoms with E-state index in [9.17, 15) is 4.79 Å². The van der Waals surface area contributed by atoms with E-state index in [0.717, 1.165) is 33.7 Å². The number of anilines is 1.